The van der Waals surface area contributed by atoms with Gasteiger partial charge in [0.2, 0.25) is 0 Å². The van der Waals surface area contributed by atoms with Gasteiger partial charge in [-0.05, 0) is 24.0 Å². The Kier molecular flexibility index (Phi) is 3.94. The van der Waals surface area contributed by atoms with Crippen LogP contribution in [0.1, 0.15) is 24.0 Å². The highest BCUT2D eigenvalue weighted by Gasteiger charge is 2.53. The van der Waals surface area contributed by atoms with Crippen molar-refractivity contribution in [2.45, 2.75) is 24.8 Å². The van der Waals surface area contributed by atoms with Crippen LogP contribution in [0, 0.1) is 0 Å². The molecule has 0 aromatic heterocycles. The third-order valence-electron chi connectivity index (χ3n) is 3.08. The van der Waals surface area contributed by atoms with Gasteiger partial charge >= 0.3 is 5.97 Å². The molecular formula is C12H16ClNO2. The van der Waals surface area contributed by atoms with Crippen LogP contribution >= 0.6 is 12.4 Å². The Hall–Kier alpha value is -1.06. The fourth-order valence-corrected chi connectivity index (χ4v) is 2.07. The van der Waals surface area contributed by atoms with Crippen LogP contribution in [0.25, 0.3) is 0 Å². The average molecular weight is 242 g/mol. The van der Waals surface area contributed by atoms with Crippen molar-refractivity contribution in [2.24, 2.45) is 5.73 Å². The first kappa shape index (κ1) is 13.0. The Morgan fingerprint density at radius 2 is 2.06 bits per heavy atom. The molecule has 0 spiro atoms. The van der Waals surface area contributed by atoms with E-state index < -0.39 is 5.41 Å². The maximum Gasteiger partial charge on any atom is 0.316 e. The summed E-state index contributed by atoms with van der Waals surface area (Å²) in [5, 5.41) is 0. The van der Waals surface area contributed by atoms with Crippen LogP contribution in [-0.2, 0) is 21.5 Å². The third-order valence-corrected chi connectivity index (χ3v) is 3.08. The van der Waals surface area contributed by atoms with Crippen molar-refractivity contribution in [1.82, 2.24) is 0 Å². The van der Waals surface area contributed by atoms with Crippen molar-refractivity contribution >= 4 is 18.4 Å². The van der Waals surface area contributed by atoms with Gasteiger partial charge in [-0.15, -0.1) is 12.4 Å². The molecule has 0 unspecified atom stereocenters. The first-order chi connectivity index (χ1) is 7.24. The molecule has 0 aliphatic heterocycles. The van der Waals surface area contributed by atoms with Gasteiger partial charge in [0.25, 0.3) is 0 Å². The van der Waals surface area contributed by atoms with E-state index in [4.69, 9.17) is 10.5 Å². The number of hydrogen-bond donors (Lipinski definition) is 1. The topological polar surface area (TPSA) is 52.3 Å². The summed E-state index contributed by atoms with van der Waals surface area (Å²) in [6.07, 6.45) is 1.74. The first-order valence-electron chi connectivity index (χ1n) is 5.11. The molecule has 16 heavy (non-hydrogen) atoms. The Balaban J connectivity index is 0.00000128. The number of halogens is 1. The standard InChI is InChI=1S/C12H15NO2.ClH/c1-15-11(14)12(6-7-12)10-5-3-2-4-9(10)8-13;/h2-5H,6-8,13H2,1H3;1H. The van der Waals surface area contributed by atoms with Gasteiger partial charge < -0.3 is 10.5 Å². The largest absolute Gasteiger partial charge is 0.468 e. The van der Waals surface area contributed by atoms with Crippen molar-refractivity contribution in [3.63, 3.8) is 0 Å². The lowest BCUT2D eigenvalue weighted by Gasteiger charge is -2.16. The molecule has 1 aromatic carbocycles. The second-order valence-electron chi connectivity index (χ2n) is 3.93. The van der Waals surface area contributed by atoms with Crippen molar-refractivity contribution in [3.05, 3.63) is 35.4 Å². The van der Waals surface area contributed by atoms with Crippen LogP contribution in [0.15, 0.2) is 24.3 Å². The van der Waals surface area contributed by atoms with E-state index in [0.29, 0.717) is 6.54 Å². The molecule has 1 aliphatic rings. The number of esters is 1. The van der Waals surface area contributed by atoms with Gasteiger partial charge in [0.15, 0.2) is 0 Å². The molecule has 1 saturated carbocycles. The molecule has 1 aromatic rings. The van der Waals surface area contributed by atoms with Gasteiger partial charge in [0.05, 0.1) is 12.5 Å². The van der Waals surface area contributed by atoms with Crippen LogP contribution in [0.3, 0.4) is 0 Å². The molecule has 3 nitrogen and oxygen atoms in total. The highest BCUT2D eigenvalue weighted by atomic mass is 35.5. The number of hydrogen-bond acceptors (Lipinski definition) is 3. The normalized spacial score (nSPS) is 16.1. The number of ether oxygens (including phenoxy) is 1. The van der Waals surface area contributed by atoms with Crippen LogP contribution in [-0.4, -0.2) is 13.1 Å². The van der Waals surface area contributed by atoms with E-state index >= 15 is 0 Å². The molecule has 1 fully saturated rings. The monoisotopic (exact) mass is 241 g/mol. The Bertz CT molecular complexity index is 388. The minimum atomic E-state index is -0.398. The van der Waals surface area contributed by atoms with Crippen LogP contribution < -0.4 is 5.73 Å². The number of methoxy groups -OCH3 is 1. The Morgan fingerprint density at radius 3 is 2.56 bits per heavy atom. The molecule has 4 heteroatoms. The molecule has 88 valence electrons. The fraction of sp³-hybridized carbons (Fsp3) is 0.417. The van der Waals surface area contributed by atoms with Gasteiger partial charge in [0, 0.05) is 6.54 Å². The van der Waals surface area contributed by atoms with E-state index in [-0.39, 0.29) is 18.4 Å². The lowest BCUT2D eigenvalue weighted by atomic mass is 9.91. The summed E-state index contributed by atoms with van der Waals surface area (Å²) < 4.78 is 4.85. The molecule has 0 amide bonds. The molecule has 0 radical (unpaired) electrons. The number of carbonyl (C=O) groups excluding carboxylic acids is 1. The number of carbonyl (C=O) groups is 1. The Morgan fingerprint density at radius 1 is 1.44 bits per heavy atom. The zero-order valence-electron chi connectivity index (χ0n) is 9.23. The summed E-state index contributed by atoms with van der Waals surface area (Å²) in [4.78, 5) is 11.7. The lowest BCUT2D eigenvalue weighted by molar-refractivity contribution is -0.143. The van der Waals surface area contributed by atoms with Gasteiger partial charge in [-0.2, -0.15) is 0 Å². The minimum Gasteiger partial charge on any atom is -0.468 e. The molecule has 2 N–H and O–H groups in total. The van der Waals surface area contributed by atoms with Gasteiger partial charge in [-0.3, -0.25) is 4.79 Å². The molecule has 0 atom stereocenters. The van der Waals surface area contributed by atoms with E-state index in [0.717, 1.165) is 24.0 Å². The zero-order valence-corrected chi connectivity index (χ0v) is 10.0. The second-order valence-corrected chi connectivity index (χ2v) is 3.93. The van der Waals surface area contributed by atoms with Gasteiger partial charge in [0.1, 0.15) is 0 Å². The van der Waals surface area contributed by atoms with Crippen molar-refractivity contribution < 1.29 is 9.53 Å². The summed E-state index contributed by atoms with van der Waals surface area (Å²) in [6.45, 7) is 0.467. The number of rotatable bonds is 3. The summed E-state index contributed by atoms with van der Waals surface area (Å²) in [5.74, 6) is -0.136. The third kappa shape index (κ3) is 1.93. The van der Waals surface area contributed by atoms with E-state index in [2.05, 4.69) is 0 Å². The van der Waals surface area contributed by atoms with Crippen molar-refractivity contribution in [2.75, 3.05) is 7.11 Å². The van der Waals surface area contributed by atoms with E-state index in [9.17, 15) is 4.79 Å². The van der Waals surface area contributed by atoms with E-state index in [1.165, 1.54) is 7.11 Å². The fourth-order valence-electron chi connectivity index (χ4n) is 2.07. The predicted octanol–water partition coefficient (Wildman–Crippen LogP) is 1.77. The van der Waals surface area contributed by atoms with E-state index in [1.807, 2.05) is 24.3 Å². The maximum absolute atomic E-state index is 11.7. The van der Waals surface area contributed by atoms with Crippen LogP contribution in [0.2, 0.25) is 0 Å². The molecule has 0 bridgehead atoms. The second kappa shape index (κ2) is 4.85. The number of nitrogens with two attached hydrogens (primary N) is 1. The summed E-state index contributed by atoms with van der Waals surface area (Å²) >= 11 is 0. The minimum absolute atomic E-state index is 0. The van der Waals surface area contributed by atoms with Gasteiger partial charge in [-0.25, -0.2) is 0 Å². The summed E-state index contributed by atoms with van der Waals surface area (Å²) in [5.41, 5.74) is 7.35. The molecule has 1 aliphatic carbocycles. The summed E-state index contributed by atoms with van der Waals surface area (Å²) in [7, 11) is 1.44. The van der Waals surface area contributed by atoms with Crippen molar-refractivity contribution in [1.29, 1.82) is 0 Å². The lowest BCUT2D eigenvalue weighted by Crippen LogP contribution is -2.24. The maximum atomic E-state index is 11.7. The molecule has 0 saturated heterocycles. The van der Waals surface area contributed by atoms with Crippen LogP contribution in [0.5, 0.6) is 0 Å². The molecule has 2 rings (SSSR count). The van der Waals surface area contributed by atoms with Crippen molar-refractivity contribution in [3.8, 4) is 0 Å². The highest BCUT2D eigenvalue weighted by molar-refractivity contribution is 5.87. The van der Waals surface area contributed by atoms with Gasteiger partial charge in [-0.1, -0.05) is 24.3 Å². The first-order valence-corrected chi connectivity index (χ1v) is 5.11. The van der Waals surface area contributed by atoms with E-state index in [1.54, 1.807) is 0 Å². The smallest absolute Gasteiger partial charge is 0.316 e. The molecule has 0 heterocycles. The number of benzene rings is 1. The Labute approximate surface area is 101 Å². The zero-order chi connectivity index (χ0) is 10.9. The quantitative estimate of drug-likeness (QED) is 0.821. The SMILES string of the molecule is COC(=O)C1(c2ccccc2CN)CC1.Cl. The average Bonchev–Trinajstić information content (AvgIpc) is 3.09. The highest BCUT2D eigenvalue weighted by Crippen LogP contribution is 2.50. The van der Waals surface area contributed by atoms with Crippen LogP contribution in [0.4, 0.5) is 0 Å². The summed E-state index contributed by atoms with van der Waals surface area (Å²) in [6, 6.07) is 7.83. The molecular weight excluding hydrogens is 226 g/mol. The predicted molar refractivity (Wildman–Crippen MR) is 64.5 cm³/mol.